The number of nitrogens with zero attached hydrogens (tertiary/aromatic N) is 3. The Bertz CT molecular complexity index is 2170. The van der Waals surface area contributed by atoms with Crippen LogP contribution in [0.3, 0.4) is 0 Å². The molecule has 0 fully saturated rings. The average Bonchev–Trinajstić information content (AvgIpc) is 3.90. The molecule has 6 N–H and O–H groups in total. The summed E-state index contributed by atoms with van der Waals surface area (Å²) >= 11 is 0. The Morgan fingerprint density at radius 3 is 2.33 bits per heavy atom. The highest BCUT2D eigenvalue weighted by molar-refractivity contribution is 6.76. The molecule has 0 bridgehead atoms. The van der Waals surface area contributed by atoms with Crippen LogP contribution >= 0.6 is 0 Å². The molecule has 4 aromatic rings. The fourth-order valence-corrected chi connectivity index (χ4v) is 5.85. The van der Waals surface area contributed by atoms with Crippen molar-refractivity contribution in [2.45, 2.75) is 51.1 Å². The van der Waals surface area contributed by atoms with Crippen LogP contribution in [-0.2, 0) is 12.8 Å². The van der Waals surface area contributed by atoms with E-state index in [1.165, 1.54) is 10.6 Å². The number of benzene rings is 2. The van der Waals surface area contributed by atoms with Gasteiger partial charge in [0.15, 0.2) is 5.65 Å². The smallest absolute Gasteiger partial charge is 0.397 e. The van der Waals surface area contributed by atoms with Crippen molar-refractivity contribution in [3.63, 3.8) is 0 Å². The lowest BCUT2D eigenvalue weighted by molar-refractivity contribution is -0.0584. The van der Waals surface area contributed by atoms with Gasteiger partial charge in [-0.1, -0.05) is 24.6 Å². The summed E-state index contributed by atoms with van der Waals surface area (Å²) in [7, 11) is 1.82. The predicted molar refractivity (Wildman–Crippen MR) is 188 cm³/mol. The Labute approximate surface area is 294 Å². The molecule has 1 unspecified atom stereocenters. The van der Waals surface area contributed by atoms with E-state index in [9.17, 15) is 35.5 Å². The average molecular weight is 727 g/mol. The van der Waals surface area contributed by atoms with E-state index in [0.29, 0.717) is 37.5 Å². The number of rotatable bonds is 14. The molecule has 52 heavy (non-hydrogen) atoms. The van der Waals surface area contributed by atoms with Gasteiger partial charge in [-0.15, -0.1) is 0 Å². The molecule has 9 nitrogen and oxygen atoms in total. The van der Waals surface area contributed by atoms with Crippen molar-refractivity contribution in [1.82, 2.24) is 25.1 Å². The molecule has 1 atom stereocenters. The lowest BCUT2D eigenvalue weighted by atomic mass is 9.78. The summed E-state index contributed by atoms with van der Waals surface area (Å²) in [4.78, 5) is 23.5. The number of aromatic nitrogens is 3. The Morgan fingerprint density at radius 1 is 1.08 bits per heavy atom. The second-order valence-electron chi connectivity index (χ2n) is 12.5. The Kier molecular flexibility index (Phi) is 10.7. The van der Waals surface area contributed by atoms with E-state index in [0.717, 1.165) is 29.3 Å². The lowest BCUT2D eigenvalue weighted by Crippen LogP contribution is -2.31. The predicted octanol–water partition coefficient (Wildman–Crippen LogP) is 5.92. The molecule has 0 amide bonds. The minimum atomic E-state index is -5.10. The van der Waals surface area contributed by atoms with E-state index in [1.807, 2.05) is 13.0 Å². The number of fused-ring (bicyclic) bond motifs is 1. The Balaban J connectivity index is 1.80. The largest absolute Gasteiger partial charge is 0.432 e. The number of aryl methyl sites for hydroxylation is 1. The second kappa shape index (κ2) is 14.7. The van der Waals surface area contributed by atoms with Crippen LogP contribution < -0.4 is 21.8 Å². The molecule has 1 aliphatic rings. The topological polar surface area (TPSA) is 146 Å². The standard InChI is InChI=1S/C35H34BF7N8O/c1-4-18-7-10-26(29(45)28(18)30(46)36-47-3)51-32(23(19-5-6-19)13-17-11-20(37)14-21(38)12-17)50-31-22(33(51)52)8-9-24(49-31)25(48-16-34(2,39)40)15-27(44)35(41,42)43/h5,7-12,14-15,23,36,44,46-48H,4,6,13,16,45H2,1-3H3/b25-15-,44-27?,46-30?. The van der Waals surface area contributed by atoms with Crippen LogP contribution in [-0.4, -0.2) is 59.0 Å². The van der Waals surface area contributed by atoms with E-state index in [1.54, 1.807) is 19.2 Å². The van der Waals surface area contributed by atoms with Crippen molar-refractivity contribution in [2.24, 2.45) is 0 Å². The van der Waals surface area contributed by atoms with Crippen molar-refractivity contribution in [3.8, 4) is 5.69 Å². The summed E-state index contributed by atoms with van der Waals surface area (Å²) in [5, 5.41) is 21.2. The fraction of sp³-hybridized carbons (Fsp3) is 0.286. The SMILES string of the molecule is CCc1ccc(-n2c(C(Cc3cc(F)cc(F)c3)C3=CC3)nc3nc(/C(=C/C(=N)C(F)(F)F)NCC(C)(F)F)ccc3c2=O)c(N)c1C(=N)BNC. The van der Waals surface area contributed by atoms with Gasteiger partial charge >= 0.3 is 6.18 Å². The van der Waals surface area contributed by atoms with Crippen LogP contribution in [0.2, 0.25) is 0 Å². The molecular weight excluding hydrogens is 692 g/mol. The molecule has 1 aliphatic carbocycles. The monoisotopic (exact) mass is 726 g/mol. The number of nitrogen functional groups attached to an aromatic ring is 1. The van der Waals surface area contributed by atoms with Gasteiger partial charge in [-0.25, -0.2) is 27.5 Å². The first-order valence-electron chi connectivity index (χ1n) is 16.1. The van der Waals surface area contributed by atoms with E-state index in [-0.39, 0.29) is 58.9 Å². The van der Waals surface area contributed by atoms with Gasteiger partial charge in [0, 0.05) is 30.1 Å². The minimum Gasteiger partial charge on any atom is -0.397 e. The number of allylic oxidation sites excluding steroid dienone is 3. The third-order valence-corrected chi connectivity index (χ3v) is 8.36. The third-order valence-electron chi connectivity index (χ3n) is 8.36. The van der Waals surface area contributed by atoms with E-state index >= 15 is 0 Å². The maximum Gasteiger partial charge on any atom is 0.432 e. The number of nitrogens with one attached hydrogen (secondary N) is 4. The molecule has 0 spiro atoms. The molecule has 2 aromatic carbocycles. The molecule has 272 valence electrons. The van der Waals surface area contributed by atoms with Crippen LogP contribution in [0.25, 0.3) is 22.4 Å². The van der Waals surface area contributed by atoms with Gasteiger partial charge in [0.1, 0.15) is 23.2 Å². The van der Waals surface area contributed by atoms with Crippen molar-refractivity contribution in [3.05, 3.63) is 110 Å². The van der Waals surface area contributed by atoms with Gasteiger partial charge in [0.2, 0.25) is 0 Å². The maximum atomic E-state index is 14.5. The molecule has 0 aliphatic heterocycles. The van der Waals surface area contributed by atoms with Crippen LogP contribution in [0.5, 0.6) is 0 Å². The van der Waals surface area contributed by atoms with Gasteiger partial charge in [0.25, 0.3) is 18.9 Å². The molecule has 2 heterocycles. The molecule has 5 rings (SSSR count). The van der Waals surface area contributed by atoms with E-state index < -0.39 is 53.2 Å². The summed E-state index contributed by atoms with van der Waals surface area (Å²) in [5.74, 6) is -5.75. The first-order valence-corrected chi connectivity index (χ1v) is 16.1. The highest BCUT2D eigenvalue weighted by Gasteiger charge is 2.34. The Morgan fingerprint density at radius 2 is 1.75 bits per heavy atom. The summed E-state index contributed by atoms with van der Waals surface area (Å²) in [6.45, 7) is 1.34. The zero-order chi connectivity index (χ0) is 38.1. The fourth-order valence-electron chi connectivity index (χ4n) is 5.85. The molecular formula is C35H34BF7N8O. The van der Waals surface area contributed by atoms with Crippen LogP contribution in [0.15, 0.2) is 65.0 Å². The summed E-state index contributed by atoms with van der Waals surface area (Å²) in [6.07, 6.45) is -2.00. The van der Waals surface area contributed by atoms with Crippen LogP contribution in [0.4, 0.5) is 36.4 Å². The molecule has 2 aromatic heterocycles. The zero-order valence-electron chi connectivity index (χ0n) is 28.3. The number of hydrogen-bond acceptors (Lipinski definition) is 8. The van der Waals surface area contributed by atoms with Crippen molar-refractivity contribution in [1.29, 1.82) is 10.8 Å². The zero-order valence-corrected chi connectivity index (χ0v) is 28.3. The number of hydrogen-bond donors (Lipinski definition) is 5. The number of halogens is 7. The number of anilines is 1. The normalized spacial score (nSPS) is 13.9. The second-order valence-corrected chi connectivity index (χ2v) is 12.5. The van der Waals surface area contributed by atoms with Gasteiger partial charge in [-0.05, 0) is 73.8 Å². The first-order chi connectivity index (χ1) is 24.4. The lowest BCUT2D eigenvalue weighted by Gasteiger charge is -2.23. The molecule has 17 heteroatoms. The number of alkyl halides is 5. The van der Waals surface area contributed by atoms with Crippen molar-refractivity contribution in [2.75, 3.05) is 19.3 Å². The van der Waals surface area contributed by atoms with Crippen molar-refractivity contribution >= 4 is 41.2 Å². The number of nitrogens with two attached hydrogens (primary N) is 1. The summed E-state index contributed by atoms with van der Waals surface area (Å²) < 4.78 is 97.6. The maximum absolute atomic E-state index is 14.5. The van der Waals surface area contributed by atoms with Gasteiger partial charge in [-0.2, -0.15) is 13.2 Å². The summed E-state index contributed by atoms with van der Waals surface area (Å²) in [5.41, 5.74) is 5.57. The highest BCUT2D eigenvalue weighted by Crippen LogP contribution is 2.39. The quantitative estimate of drug-likeness (QED) is 0.0359. The Hall–Kier alpha value is -5.32. The first kappa shape index (κ1) is 37.9. The summed E-state index contributed by atoms with van der Waals surface area (Å²) in [6, 6.07) is 8.68. The van der Waals surface area contributed by atoms with Gasteiger partial charge in [0.05, 0.1) is 34.7 Å². The van der Waals surface area contributed by atoms with E-state index in [2.05, 4.69) is 15.5 Å². The van der Waals surface area contributed by atoms with Crippen LogP contribution in [0.1, 0.15) is 54.4 Å². The molecule has 0 saturated carbocycles. The van der Waals surface area contributed by atoms with Gasteiger partial charge in [-0.3, -0.25) is 14.8 Å². The van der Waals surface area contributed by atoms with Crippen LogP contribution in [0, 0.1) is 22.5 Å². The van der Waals surface area contributed by atoms with Crippen molar-refractivity contribution < 1.29 is 30.7 Å². The van der Waals surface area contributed by atoms with Gasteiger partial charge < -0.3 is 21.7 Å². The molecule has 0 saturated heterocycles. The highest BCUT2D eigenvalue weighted by atomic mass is 19.4. The van der Waals surface area contributed by atoms with E-state index in [4.69, 9.17) is 21.5 Å². The molecule has 0 radical (unpaired) electrons. The minimum absolute atomic E-state index is 0.0271. The number of pyridine rings is 1. The third kappa shape index (κ3) is 8.41.